The maximum absolute atomic E-state index is 5.51. The van der Waals surface area contributed by atoms with Crippen molar-refractivity contribution in [1.82, 2.24) is 0 Å². The first-order chi connectivity index (χ1) is 5.21. The fourth-order valence-electron chi connectivity index (χ4n) is 1.20. The van der Waals surface area contributed by atoms with Crippen molar-refractivity contribution < 1.29 is 4.74 Å². The first kappa shape index (κ1) is 7.77. The van der Waals surface area contributed by atoms with Gasteiger partial charge < -0.3 is 4.74 Å². The van der Waals surface area contributed by atoms with Crippen LogP contribution in [-0.4, -0.2) is 6.61 Å². The summed E-state index contributed by atoms with van der Waals surface area (Å²) in [7, 11) is 0. The standard InChI is InChI=1S/C8H9BrOS/c1-8(4-5-10-8)6-2-3-7(9)11-6/h2-3H,4-5H2,1H3. The lowest BCUT2D eigenvalue weighted by molar-refractivity contribution is -0.138. The van der Waals surface area contributed by atoms with Crippen LogP contribution in [0.3, 0.4) is 0 Å². The van der Waals surface area contributed by atoms with E-state index in [1.165, 1.54) is 8.66 Å². The van der Waals surface area contributed by atoms with Crippen molar-refractivity contribution in [2.75, 3.05) is 6.61 Å². The molecule has 2 rings (SSSR count). The zero-order chi connectivity index (χ0) is 7.90. The first-order valence-electron chi connectivity index (χ1n) is 3.60. The van der Waals surface area contributed by atoms with Gasteiger partial charge in [-0.15, -0.1) is 11.3 Å². The molecule has 1 aliphatic rings. The number of rotatable bonds is 1. The van der Waals surface area contributed by atoms with E-state index >= 15 is 0 Å². The highest BCUT2D eigenvalue weighted by Crippen LogP contribution is 2.41. The molecule has 1 saturated heterocycles. The van der Waals surface area contributed by atoms with Crippen LogP contribution in [0, 0.1) is 0 Å². The average molecular weight is 233 g/mol. The molecule has 0 spiro atoms. The normalized spacial score (nSPS) is 30.0. The van der Waals surface area contributed by atoms with Crippen LogP contribution in [0.1, 0.15) is 18.2 Å². The third-order valence-corrected chi connectivity index (χ3v) is 3.96. The van der Waals surface area contributed by atoms with Crippen LogP contribution in [0.25, 0.3) is 0 Å². The largest absolute Gasteiger partial charge is 0.370 e. The van der Waals surface area contributed by atoms with E-state index in [0.29, 0.717) is 0 Å². The average Bonchev–Trinajstić information content (AvgIpc) is 2.31. The molecule has 1 nitrogen and oxygen atoms in total. The van der Waals surface area contributed by atoms with Crippen molar-refractivity contribution >= 4 is 27.3 Å². The minimum Gasteiger partial charge on any atom is -0.370 e. The fourth-order valence-corrected chi connectivity index (χ4v) is 2.72. The van der Waals surface area contributed by atoms with E-state index in [1.54, 1.807) is 11.3 Å². The van der Waals surface area contributed by atoms with Gasteiger partial charge in [0.1, 0.15) is 5.60 Å². The molecular formula is C8H9BrOS. The monoisotopic (exact) mass is 232 g/mol. The third-order valence-electron chi connectivity index (χ3n) is 2.09. The Balaban J connectivity index is 2.28. The van der Waals surface area contributed by atoms with Gasteiger partial charge in [-0.2, -0.15) is 0 Å². The lowest BCUT2D eigenvalue weighted by Crippen LogP contribution is -2.36. The second kappa shape index (κ2) is 2.57. The number of hydrogen-bond acceptors (Lipinski definition) is 2. The molecule has 1 aliphatic heterocycles. The zero-order valence-electron chi connectivity index (χ0n) is 6.26. The third kappa shape index (κ3) is 1.25. The molecule has 0 aliphatic carbocycles. The van der Waals surface area contributed by atoms with Gasteiger partial charge in [-0.1, -0.05) is 0 Å². The lowest BCUT2D eigenvalue weighted by atomic mass is 9.96. The molecule has 0 bridgehead atoms. The maximum atomic E-state index is 5.51. The molecule has 0 saturated carbocycles. The molecule has 60 valence electrons. The van der Waals surface area contributed by atoms with Crippen molar-refractivity contribution in [3.63, 3.8) is 0 Å². The van der Waals surface area contributed by atoms with E-state index in [9.17, 15) is 0 Å². The summed E-state index contributed by atoms with van der Waals surface area (Å²) in [5.41, 5.74) is 0.0245. The van der Waals surface area contributed by atoms with Gasteiger partial charge in [0.2, 0.25) is 0 Å². The molecule has 1 fully saturated rings. The van der Waals surface area contributed by atoms with Crippen LogP contribution in [0.4, 0.5) is 0 Å². The summed E-state index contributed by atoms with van der Waals surface area (Å²) in [6, 6.07) is 4.21. The van der Waals surface area contributed by atoms with Gasteiger partial charge in [0.05, 0.1) is 10.4 Å². The second-order valence-corrected chi connectivity index (χ2v) is 5.40. The van der Waals surface area contributed by atoms with Gasteiger partial charge in [-0.3, -0.25) is 0 Å². The van der Waals surface area contributed by atoms with Crippen molar-refractivity contribution in [2.24, 2.45) is 0 Å². The van der Waals surface area contributed by atoms with Crippen LogP contribution in [-0.2, 0) is 10.3 Å². The first-order valence-corrected chi connectivity index (χ1v) is 5.21. The van der Waals surface area contributed by atoms with Gasteiger partial charge in [-0.25, -0.2) is 0 Å². The summed E-state index contributed by atoms with van der Waals surface area (Å²) < 4.78 is 6.69. The van der Waals surface area contributed by atoms with Crippen molar-refractivity contribution in [3.05, 3.63) is 20.8 Å². The van der Waals surface area contributed by atoms with Crippen LogP contribution in [0.5, 0.6) is 0 Å². The predicted molar refractivity (Wildman–Crippen MR) is 49.9 cm³/mol. The summed E-state index contributed by atoms with van der Waals surface area (Å²) in [6.07, 6.45) is 1.15. The molecule has 0 radical (unpaired) electrons. The molecule has 0 amide bonds. The maximum Gasteiger partial charge on any atom is 0.102 e. The smallest absolute Gasteiger partial charge is 0.102 e. The Morgan fingerprint density at radius 3 is 2.73 bits per heavy atom. The van der Waals surface area contributed by atoms with E-state index in [4.69, 9.17) is 4.74 Å². The van der Waals surface area contributed by atoms with Gasteiger partial charge >= 0.3 is 0 Å². The van der Waals surface area contributed by atoms with Crippen molar-refractivity contribution in [3.8, 4) is 0 Å². The van der Waals surface area contributed by atoms with E-state index in [2.05, 4.69) is 35.0 Å². The van der Waals surface area contributed by atoms with Gasteiger partial charge in [0.25, 0.3) is 0 Å². The van der Waals surface area contributed by atoms with E-state index in [1.807, 2.05) is 0 Å². The Bertz CT molecular complexity index is 265. The van der Waals surface area contributed by atoms with Gasteiger partial charge in [0, 0.05) is 11.3 Å². The Morgan fingerprint density at radius 1 is 1.64 bits per heavy atom. The Labute approximate surface area is 78.5 Å². The highest BCUT2D eigenvalue weighted by molar-refractivity contribution is 9.11. The molecule has 0 N–H and O–H groups in total. The number of hydrogen-bond donors (Lipinski definition) is 0. The zero-order valence-corrected chi connectivity index (χ0v) is 8.67. The molecule has 1 atom stereocenters. The van der Waals surface area contributed by atoms with Crippen molar-refractivity contribution in [1.29, 1.82) is 0 Å². The minimum atomic E-state index is 0.0245. The molecular weight excluding hydrogens is 224 g/mol. The van der Waals surface area contributed by atoms with E-state index < -0.39 is 0 Å². The summed E-state index contributed by atoms with van der Waals surface area (Å²) in [5, 5.41) is 0. The van der Waals surface area contributed by atoms with Gasteiger partial charge in [0.15, 0.2) is 0 Å². The Hall–Kier alpha value is 0.140. The van der Waals surface area contributed by atoms with Crippen LogP contribution in [0.2, 0.25) is 0 Å². The van der Waals surface area contributed by atoms with E-state index in [0.717, 1.165) is 13.0 Å². The van der Waals surface area contributed by atoms with Crippen LogP contribution < -0.4 is 0 Å². The summed E-state index contributed by atoms with van der Waals surface area (Å²) in [5.74, 6) is 0. The number of halogens is 1. The van der Waals surface area contributed by atoms with Gasteiger partial charge in [-0.05, 0) is 35.0 Å². The predicted octanol–water partition coefficient (Wildman–Crippen LogP) is 3.15. The topological polar surface area (TPSA) is 9.23 Å². The fraction of sp³-hybridized carbons (Fsp3) is 0.500. The van der Waals surface area contributed by atoms with Crippen LogP contribution in [0.15, 0.2) is 15.9 Å². The SMILES string of the molecule is CC1(c2ccc(Br)s2)CCO1. The second-order valence-electron chi connectivity index (χ2n) is 2.93. The molecule has 3 heteroatoms. The molecule has 2 heterocycles. The minimum absolute atomic E-state index is 0.0245. The van der Waals surface area contributed by atoms with E-state index in [-0.39, 0.29) is 5.60 Å². The summed E-state index contributed by atoms with van der Waals surface area (Å²) in [4.78, 5) is 1.33. The molecule has 11 heavy (non-hydrogen) atoms. The Morgan fingerprint density at radius 2 is 2.36 bits per heavy atom. The number of ether oxygens (including phenoxy) is 1. The quantitative estimate of drug-likeness (QED) is 0.724. The highest BCUT2D eigenvalue weighted by atomic mass is 79.9. The van der Waals surface area contributed by atoms with Crippen LogP contribution >= 0.6 is 27.3 Å². The molecule has 1 aromatic rings. The lowest BCUT2D eigenvalue weighted by Gasteiger charge is -2.37. The molecule has 1 aromatic heterocycles. The Kier molecular flexibility index (Phi) is 1.82. The highest BCUT2D eigenvalue weighted by Gasteiger charge is 2.36. The summed E-state index contributed by atoms with van der Waals surface area (Å²) in [6.45, 7) is 3.06. The number of thiophene rings is 1. The molecule has 0 aromatic carbocycles. The summed E-state index contributed by atoms with van der Waals surface area (Å²) >= 11 is 5.20. The van der Waals surface area contributed by atoms with Crippen molar-refractivity contribution in [2.45, 2.75) is 18.9 Å². The molecule has 1 unspecified atom stereocenters.